The maximum Gasteiger partial charge on any atom is 0.134 e. The van der Waals surface area contributed by atoms with Crippen LogP contribution in [0, 0.1) is 0 Å². The van der Waals surface area contributed by atoms with Gasteiger partial charge < -0.3 is 4.90 Å². The molecule has 23 heavy (non-hydrogen) atoms. The fourth-order valence-corrected chi connectivity index (χ4v) is 3.59. The first-order valence-electron chi connectivity index (χ1n) is 8.02. The van der Waals surface area contributed by atoms with Crippen molar-refractivity contribution in [2.75, 3.05) is 4.90 Å². The lowest BCUT2D eigenvalue weighted by Gasteiger charge is -2.31. The van der Waals surface area contributed by atoms with Crippen molar-refractivity contribution in [1.29, 1.82) is 0 Å². The van der Waals surface area contributed by atoms with E-state index < -0.39 is 0 Å². The van der Waals surface area contributed by atoms with E-state index in [0.29, 0.717) is 6.04 Å². The number of hydrogen-bond donors (Lipinski definition) is 0. The second kappa shape index (κ2) is 4.82. The van der Waals surface area contributed by atoms with Gasteiger partial charge in [0.25, 0.3) is 0 Å². The second-order valence-corrected chi connectivity index (χ2v) is 6.08. The summed E-state index contributed by atoms with van der Waals surface area (Å²) in [6.45, 7) is 0. The largest absolute Gasteiger partial charge is 0.316 e. The zero-order chi connectivity index (χ0) is 15.2. The molecule has 110 valence electrons. The minimum absolute atomic E-state index is 0.348. The van der Waals surface area contributed by atoms with Gasteiger partial charge in [-0.3, -0.25) is 0 Å². The summed E-state index contributed by atoms with van der Waals surface area (Å²) in [4.78, 5) is 7.15. The first-order valence-corrected chi connectivity index (χ1v) is 8.02. The lowest BCUT2D eigenvalue weighted by molar-refractivity contribution is 0.781. The van der Waals surface area contributed by atoms with Gasteiger partial charge in [0.1, 0.15) is 5.84 Å². The molecule has 0 spiro atoms. The van der Waals surface area contributed by atoms with Crippen LogP contribution >= 0.6 is 0 Å². The summed E-state index contributed by atoms with van der Waals surface area (Å²) in [5.41, 5.74) is 6.21. The first kappa shape index (κ1) is 12.7. The van der Waals surface area contributed by atoms with Crippen LogP contribution in [0.1, 0.15) is 12.0 Å². The monoisotopic (exact) mass is 296 g/mol. The molecule has 0 saturated carbocycles. The molecule has 3 aliphatic rings. The highest BCUT2D eigenvalue weighted by Gasteiger charge is 2.34. The van der Waals surface area contributed by atoms with Gasteiger partial charge in [-0.25, -0.2) is 4.99 Å². The van der Waals surface area contributed by atoms with Crippen molar-refractivity contribution in [3.05, 3.63) is 84.1 Å². The molecule has 0 bridgehead atoms. The molecular weight excluding hydrogens is 280 g/mol. The highest BCUT2D eigenvalue weighted by molar-refractivity contribution is 6.15. The van der Waals surface area contributed by atoms with E-state index in [9.17, 15) is 0 Å². The zero-order valence-corrected chi connectivity index (χ0v) is 12.7. The van der Waals surface area contributed by atoms with E-state index in [1.807, 2.05) is 0 Å². The van der Waals surface area contributed by atoms with Crippen molar-refractivity contribution < 1.29 is 0 Å². The van der Waals surface area contributed by atoms with E-state index >= 15 is 0 Å². The molecule has 0 radical (unpaired) electrons. The molecule has 2 heterocycles. The van der Waals surface area contributed by atoms with Gasteiger partial charge in [-0.2, -0.15) is 0 Å². The lowest BCUT2D eigenvalue weighted by atomic mass is 9.97. The molecular formula is C21H16N2. The minimum atomic E-state index is 0.348. The van der Waals surface area contributed by atoms with Crippen molar-refractivity contribution in [3.63, 3.8) is 0 Å². The molecule has 2 nitrogen and oxygen atoms in total. The third-order valence-electron chi connectivity index (χ3n) is 4.71. The molecule has 2 aromatic carbocycles. The highest BCUT2D eigenvalue weighted by atomic mass is 15.3. The number of hydrogen-bond acceptors (Lipinski definition) is 2. The van der Waals surface area contributed by atoms with Gasteiger partial charge in [0.2, 0.25) is 0 Å². The Morgan fingerprint density at radius 3 is 2.78 bits per heavy atom. The third kappa shape index (κ3) is 1.92. The van der Waals surface area contributed by atoms with Crippen LogP contribution in [0.15, 0.2) is 83.5 Å². The number of nitrogens with zero attached hydrogens (tertiary/aromatic N) is 2. The minimum Gasteiger partial charge on any atom is -0.316 e. The van der Waals surface area contributed by atoms with Gasteiger partial charge in [0, 0.05) is 0 Å². The number of benzene rings is 2. The summed E-state index contributed by atoms with van der Waals surface area (Å²) in [5.74, 6) is 1.06. The normalized spacial score (nSPS) is 20.5. The van der Waals surface area contributed by atoms with E-state index in [2.05, 4.69) is 83.8 Å². The van der Waals surface area contributed by atoms with Gasteiger partial charge in [-0.05, 0) is 53.5 Å². The Morgan fingerprint density at radius 2 is 1.87 bits per heavy atom. The lowest BCUT2D eigenvalue weighted by Crippen LogP contribution is -2.37. The van der Waals surface area contributed by atoms with Crippen LogP contribution in [0.5, 0.6) is 0 Å². The predicted octanol–water partition coefficient (Wildman–Crippen LogP) is 4.81. The molecule has 0 aromatic heterocycles. The zero-order valence-electron chi connectivity index (χ0n) is 12.7. The van der Waals surface area contributed by atoms with Crippen LogP contribution in [-0.2, 0) is 0 Å². The van der Waals surface area contributed by atoms with Gasteiger partial charge >= 0.3 is 0 Å². The van der Waals surface area contributed by atoms with E-state index in [4.69, 9.17) is 4.99 Å². The molecule has 1 aliphatic carbocycles. The van der Waals surface area contributed by atoms with Crippen LogP contribution in [0.3, 0.4) is 0 Å². The summed E-state index contributed by atoms with van der Waals surface area (Å²) >= 11 is 0. The van der Waals surface area contributed by atoms with Gasteiger partial charge in [-0.1, -0.05) is 48.6 Å². The summed E-state index contributed by atoms with van der Waals surface area (Å²) in [7, 11) is 0. The molecule has 1 unspecified atom stereocenters. The molecule has 0 amide bonds. The summed E-state index contributed by atoms with van der Waals surface area (Å²) in [6, 6.07) is 17.6. The number of rotatable bonds is 1. The molecule has 0 fully saturated rings. The van der Waals surface area contributed by atoms with Crippen LogP contribution in [0.2, 0.25) is 0 Å². The molecule has 1 atom stereocenters. The Balaban J connectivity index is 1.60. The van der Waals surface area contributed by atoms with Crippen LogP contribution < -0.4 is 4.90 Å². The van der Waals surface area contributed by atoms with E-state index in [1.54, 1.807) is 0 Å². The quantitative estimate of drug-likeness (QED) is 0.737. The summed E-state index contributed by atoms with van der Waals surface area (Å²) < 4.78 is 0. The number of amidine groups is 1. The number of fused-ring (bicyclic) bond motifs is 5. The molecule has 0 saturated heterocycles. The van der Waals surface area contributed by atoms with Crippen molar-refractivity contribution in [2.45, 2.75) is 12.5 Å². The van der Waals surface area contributed by atoms with Crippen molar-refractivity contribution in [3.8, 4) is 11.1 Å². The fraction of sp³-hybridized carbons (Fsp3) is 0.0952. The smallest absolute Gasteiger partial charge is 0.134 e. The maximum absolute atomic E-state index is 4.78. The Morgan fingerprint density at radius 1 is 0.957 bits per heavy atom. The molecule has 5 rings (SSSR count). The Kier molecular flexibility index (Phi) is 2.65. The summed E-state index contributed by atoms with van der Waals surface area (Å²) in [6.07, 6.45) is 11.8. The van der Waals surface area contributed by atoms with Gasteiger partial charge in [0.15, 0.2) is 0 Å². The van der Waals surface area contributed by atoms with E-state index in [0.717, 1.165) is 12.3 Å². The average Bonchev–Trinajstić information content (AvgIpc) is 3.01. The fourth-order valence-electron chi connectivity index (χ4n) is 3.59. The first-order chi connectivity index (χ1) is 11.4. The molecule has 2 heteroatoms. The highest BCUT2D eigenvalue weighted by Crippen LogP contribution is 2.39. The predicted molar refractivity (Wildman–Crippen MR) is 96.5 cm³/mol. The van der Waals surface area contributed by atoms with Crippen molar-refractivity contribution >= 4 is 17.6 Å². The van der Waals surface area contributed by atoms with E-state index in [1.165, 1.54) is 28.1 Å². The molecule has 2 aromatic rings. The Labute approximate surface area is 135 Å². The Bertz CT molecular complexity index is 901. The second-order valence-electron chi connectivity index (χ2n) is 6.08. The summed E-state index contributed by atoms with van der Waals surface area (Å²) in [5, 5.41) is 0. The number of anilines is 1. The molecule has 2 aliphatic heterocycles. The van der Waals surface area contributed by atoms with Crippen molar-refractivity contribution in [1.82, 2.24) is 0 Å². The van der Waals surface area contributed by atoms with Crippen LogP contribution in [0.4, 0.5) is 5.69 Å². The number of allylic oxidation sites excluding steroid dienone is 2. The van der Waals surface area contributed by atoms with Crippen LogP contribution in [-0.4, -0.2) is 11.9 Å². The average molecular weight is 296 g/mol. The maximum atomic E-state index is 4.78. The van der Waals surface area contributed by atoms with Crippen molar-refractivity contribution in [2.24, 2.45) is 4.99 Å². The van der Waals surface area contributed by atoms with E-state index in [-0.39, 0.29) is 0 Å². The third-order valence-corrected chi connectivity index (χ3v) is 4.71. The van der Waals surface area contributed by atoms with Crippen LogP contribution in [0.25, 0.3) is 17.2 Å². The molecule has 0 N–H and O–H groups in total. The topological polar surface area (TPSA) is 15.6 Å². The van der Waals surface area contributed by atoms with Gasteiger partial charge in [0.05, 0.1) is 17.4 Å². The Hall–Kier alpha value is -2.87. The van der Waals surface area contributed by atoms with Gasteiger partial charge in [-0.15, -0.1) is 0 Å². The SMILES string of the molecule is C1=CCC2C(=C1)N=C1C=Cc3cc(-c4ccccc4)ccc3N12. The standard InChI is InChI=1S/C21H16N2/c1-2-6-15(7-3-1)16-10-12-19-17(14-16)11-13-21-22-18-8-4-5-9-20(18)23(19)21/h1-8,10-14,20H,9H2. The number of aliphatic imine (C=N–C) groups is 1.